The summed E-state index contributed by atoms with van der Waals surface area (Å²) in [7, 11) is 0. The molecule has 0 radical (unpaired) electrons. The highest BCUT2D eigenvalue weighted by Crippen LogP contribution is 2.23. The minimum Gasteiger partial charge on any atom is -0.478 e. The molecule has 0 spiro atoms. The van der Waals surface area contributed by atoms with E-state index in [9.17, 15) is 24.3 Å². The first-order valence-electron chi connectivity index (χ1n) is 8.20. The van der Waals surface area contributed by atoms with E-state index in [1.807, 2.05) is 0 Å². The van der Waals surface area contributed by atoms with Gasteiger partial charge in [0.25, 0.3) is 5.56 Å². The molecule has 1 saturated heterocycles. The quantitative estimate of drug-likeness (QED) is 0.835. The molecule has 1 fully saturated rings. The van der Waals surface area contributed by atoms with Gasteiger partial charge in [-0.15, -0.1) is 0 Å². The van der Waals surface area contributed by atoms with E-state index >= 15 is 0 Å². The van der Waals surface area contributed by atoms with Gasteiger partial charge in [0, 0.05) is 31.4 Å². The van der Waals surface area contributed by atoms with Crippen LogP contribution in [-0.4, -0.2) is 56.4 Å². The number of hydrogen-bond donors (Lipinski definition) is 2. The number of carboxylic acids is 2. The van der Waals surface area contributed by atoms with E-state index in [2.05, 4.69) is 0 Å². The first-order chi connectivity index (χ1) is 12.0. The Labute approximate surface area is 149 Å². The van der Waals surface area contributed by atoms with Crippen LogP contribution < -0.4 is 5.56 Å². The van der Waals surface area contributed by atoms with Crippen molar-refractivity contribution in [3.8, 4) is 0 Å². The van der Waals surface area contributed by atoms with Gasteiger partial charge in [0.05, 0.1) is 11.1 Å². The van der Waals surface area contributed by atoms with Gasteiger partial charge < -0.3 is 24.4 Å². The molecular formula is C17H22N2O7. The number of rotatable bonds is 3. The van der Waals surface area contributed by atoms with E-state index in [1.54, 1.807) is 20.8 Å². The first-order valence-corrected chi connectivity index (χ1v) is 8.20. The van der Waals surface area contributed by atoms with E-state index in [0.29, 0.717) is 25.9 Å². The van der Waals surface area contributed by atoms with E-state index in [0.717, 1.165) is 12.3 Å². The zero-order valence-corrected chi connectivity index (χ0v) is 14.9. The number of hydrogen-bond acceptors (Lipinski definition) is 5. The van der Waals surface area contributed by atoms with Crippen molar-refractivity contribution in [1.29, 1.82) is 0 Å². The number of pyridine rings is 1. The molecule has 0 aliphatic carbocycles. The first kappa shape index (κ1) is 19.5. The average Bonchev–Trinajstić information content (AvgIpc) is 2.52. The number of carboxylic acid groups (broad SMARTS) is 2. The number of aromatic carboxylic acids is 2. The van der Waals surface area contributed by atoms with E-state index in [-0.39, 0.29) is 6.04 Å². The summed E-state index contributed by atoms with van der Waals surface area (Å²) in [5, 5.41) is 18.3. The van der Waals surface area contributed by atoms with Crippen molar-refractivity contribution in [3.05, 3.63) is 33.7 Å². The lowest BCUT2D eigenvalue weighted by Gasteiger charge is -2.34. The summed E-state index contributed by atoms with van der Waals surface area (Å²) < 4.78 is 6.55. The maximum atomic E-state index is 12.2. The summed E-state index contributed by atoms with van der Waals surface area (Å²) in [4.78, 5) is 48.3. The molecule has 2 N–H and O–H groups in total. The van der Waals surface area contributed by atoms with Crippen LogP contribution in [0.4, 0.5) is 4.79 Å². The largest absolute Gasteiger partial charge is 0.478 e. The van der Waals surface area contributed by atoms with Crippen LogP contribution in [0.3, 0.4) is 0 Å². The molecule has 1 aliphatic heterocycles. The molecule has 26 heavy (non-hydrogen) atoms. The van der Waals surface area contributed by atoms with Gasteiger partial charge in [-0.25, -0.2) is 14.4 Å². The van der Waals surface area contributed by atoms with E-state index in [1.165, 1.54) is 9.47 Å². The highest BCUT2D eigenvalue weighted by atomic mass is 16.6. The van der Waals surface area contributed by atoms with Gasteiger partial charge in [-0.1, -0.05) is 0 Å². The second-order valence-electron chi connectivity index (χ2n) is 7.16. The summed E-state index contributed by atoms with van der Waals surface area (Å²) >= 11 is 0. The summed E-state index contributed by atoms with van der Waals surface area (Å²) in [5.41, 5.74) is -2.16. The van der Waals surface area contributed by atoms with Crippen molar-refractivity contribution in [3.63, 3.8) is 0 Å². The maximum Gasteiger partial charge on any atom is 0.410 e. The van der Waals surface area contributed by atoms with Crippen molar-refractivity contribution < 1.29 is 29.3 Å². The molecule has 1 aromatic heterocycles. The zero-order chi connectivity index (χ0) is 19.6. The van der Waals surface area contributed by atoms with Gasteiger partial charge in [-0.3, -0.25) is 4.79 Å². The smallest absolute Gasteiger partial charge is 0.410 e. The molecule has 0 bridgehead atoms. The molecule has 0 saturated carbocycles. The number of carbonyl (C=O) groups excluding carboxylic acids is 1. The summed E-state index contributed by atoms with van der Waals surface area (Å²) in [6, 6.07) is 0.508. The fourth-order valence-electron chi connectivity index (χ4n) is 2.83. The van der Waals surface area contributed by atoms with Crippen LogP contribution in [0, 0.1) is 0 Å². The third-order valence-corrected chi connectivity index (χ3v) is 4.05. The molecule has 9 heteroatoms. The molecule has 0 atom stereocenters. The Morgan fingerprint density at radius 3 is 2.08 bits per heavy atom. The van der Waals surface area contributed by atoms with Gasteiger partial charge in [0.2, 0.25) is 0 Å². The Morgan fingerprint density at radius 2 is 1.62 bits per heavy atom. The van der Waals surface area contributed by atoms with E-state index < -0.39 is 40.3 Å². The van der Waals surface area contributed by atoms with Crippen molar-refractivity contribution in [1.82, 2.24) is 9.47 Å². The Bertz CT molecular complexity index is 783. The summed E-state index contributed by atoms with van der Waals surface area (Å²) in [5.74, 6) is -2.88. The number of ether oxygens (including phenoxy) is 1. The minimum absolute atomic E-state index is 0.317. The third-order valence-electron chi connectivity index (χ3n) is 4.05. The lowest BCUT2D eigenvalue weighted by Crippen LogP contribution is -2.43. The fraction of sp³-hybridized carbons (Fsp3) is 0.529. The maximum absolute atomic E-state index is 12.2. The number of carbonyl (C=O) groups is 3. The Balaban J connectivity index is 2.18. The van der Waals surface area contributed by atoms with Crippen LogP contribution in [0.2, 0.25) is 0 Å². The molecule has 2 rings (SSSR count). The van der Waals surface area contributed by atoms with E-state index in [4.69, 9.17) is 9.84 Å². The van der Waals surface area contributed by atoms with Crippen LogP contribution in [0.15, 0.2) is 17.1 Å². The predicted molar refractivity (Wildman–Crippen MR) is 90.7 cm³/mol. The number of likely N-dealkylation sites (tertiary alicyclic amines) is 1. The highest BCUT2D eigenvalue weighted by molar-refractivity contribution is 6.01. The predicted octanol–water partition coefficient (Wildman–Crippen LogP) is 1.82. The zero-order valence-electron chi connectivity index (χ0n) is 14.9. The highest BCUT2D eigenvalue weighted by Gasteiger charge is 2.29. The van der Waals surface area contributed by atoms with Crippen molar-refractivity contribution in [2.75, 3.05) is 13.1 Å². The second-order valence-corrected chi connectivity index (χ2v) is 7.16. The molecular weight excluding hydrogens is 344 g/mol. The molecule has 142 valence electrons. The molecule has 9 nitrogen and oxygen atoms in total. The number of aromatic nitrogens is 1. The van der Waals surface area contributed by atoms with Crippen molar-refractivity contribution >= 4 is 18.0 Å². The van der Waals surface area contributed by atoms with Gasteiger partial charge in [0.1, 0.15) is 5.60 Å². The number of amides is 1. The lowest BCUT2D eigenvalue weighted by atomic mass is 10.0. The molecule has 0 aromatic carbocycles. The van der Waals surface area contributed by atoms with Gasteiger partial charge >= 0.3 is 18.0 Å². The monoisotopic (exact) mass is 366 g/mol. The molecule has 2 heterocycles. The molecule has 0 unspecified atom stereocenters. The number of piperidine rings is 1. The minimum atomic E-state index is -1.47. The lowest BCUT2D eigenvalue weighted by molar-refractivity contribution is 0.0187. The molecule has 1 aliphatic rings. The number of nitrogens with zero attached hydrogens (tertiary/aromatic N) is 2. The van der Waals surface area contributed by atoms with Crippen LogP contribution in [-0.2, 0) is 4.74 Å². The second kappa shape index (κ2) is 7.19. The van der Waals surface area contributed by atoms with Crippen molar-refractivity contribution in [2.45, 2.75) is 45.3 Å². The summed E-state index contributed by atoms with van der Waals surface area (Å²) in [6.07, 6.45) is 1.51. The Hall–Kier alpha value is -2.84. The summed E-state index contributed by atoms with van der Waals surface area (Å²) in [6.45, 7) is 6.03. The third kappa shape index (κ3) is 4.41. The molecule has 1 aromatic rings. The van der Waals surface area contributed by atoms with Crippen molar-refractivity contribution in [2.24, 2.45) is 0 Å². The van der Waals surface area contributed by atoms with Gasteiger partial charge in [-0.2, -0.15) is 0 Å². The SMILES string of the molecule is CC(C)(C)OC(=O)N1CCC(n2cc(C(=O)O)c(C(=O)O)cc2=O)CC1. The fourth-order valence-corrected chi connectivity index (χ4v) is 2.83. The Kier molecular flexibility index (Phi) is 5.38. The van der Waals surface area contributed by atoms with Crippen LogP contribution in [0.1, 0.15) is 60.4 Å². The van der Waals surface area contributed by atoms with Crippen LogP contribution in [0.5, 0.6) is 0 Å². The average molecular weight is 366 g/mol. The van der Waals surface area contributed by atoms with Gasteiger partial charge in [0.15, 0.2) is 0 Å². The Morgan fingerprint density at radius 1 is 1.08 bits per heavy atom. The van der Waals surface area contributed by atoms with Crippen LogP contribution >= 0.6 is 0 Å². The van der Waals surface area contributed by atoms with Crippen LogP contribution in [0.25, 0.3) is 0 Å². The standard InChI is InChI=1S/C17H22N2O7/c1-17(2,3)26-16(25)18-6-4-10(5-7-18)19-9-12(15(23)24)11(14(21)22)8-13(19)20/h8-10H,4-7H2,1-3H3,(H,21,22)(H,23,24). The molecule has 1 amide bonds. The van der Waals surface area contributed by atoms with Gasteiger partial charge in [-0.05, 0) is 33.6 Å². The normalized spacial score (nSPS) is 15.6. The topological polar surface area (TPSA) is 126 Å².